The highest BCUT2D eigenvalue weighted by molar-refractivity contribution is 7.89. The van der Waals surface area contributed by atoms with Crippen LogP contribution in [0.25, 0.3) is 0 Å². The minimum absolute atomic E-state index is 0.140. The Morgan fingerprint density at radius 2 is 1.77 bits per heavy atom. The number of ketones is 1. The average molecular weight is 452 g/mol. The van der Waals surface area contributed by atoms with Gasteiger partial charge in [-0.2, -0.15) is 4.31 Å². The van der Waals surface area contributed by atoms with Gasteiger partial charge in [-0.25, -0.2) is 13.2 Å². The summed E-state index contributed by atoms with van der Waals surface area (Å²) in [4.78, 5) is 24.5. The van der Waals surface area contributed by atoms with E-state index in [4.69, 9.17) is 21.1 Å². The van der Waals surface area contributed by atoms with E-state index in [1.54, 1.807) is 24.3 Å². The molecule has 1 atom stereocenters. The van der Waals surface area contributed by atoms with Crippen molar-refractivity contribution in [3.63, 3.8) is 0 Å². The molecule has 0 N–H and O–H groups in total. The molecule has 1 unspecified atom stereocenters. The second-order valence-electron chi connectivity index (χ2n) is 6.88. The molecule has 0 spiro atoms. The second kappa shape index (κ2) is 9.59. The molecule has 1 heterocycles. The molecular formula is C21H22ClNO6S. The zero-order valence-electron chi connectivity index (χ0n) is 16.4. The summed E-state index contributed by atoms with van der Waals surface area (Å²) in [5, 5.41) is 0.471. The number of Topliss-reactive ketones (excluding diaryl/α,β-unsaturated/α-hetero) is 1. The second-order valence-corrected chi connectivity index (χ2v) is 9.26. The number of ether oxygens (including phenoxy) is 2. The van der Waals surface area contributed by atoms with Crippen LogP contribution in [0.2, 0.25) is 5.02 Å². The van der Waals surface area contributed by atoms with E-state index in [0.29, 0.717) is 23.9 Å². The van der Waals surface area contributed by atoms with E-state index in [-0.39, 0.29) is 10.5 Å². The van der Waals surface area contributed by atoms with Crippen LogP contribution in [-0.4, -0.2) is 50.3 Å². The van der Waals surface area contributed by atoms with Gasteiger partial charge < -0.3 is 9.47 Å². The van der Waals surface area contributed by atoms with Gasteiger partial charge >= 0.3 is 5.97 Å². The molecule has 7 nitrogen and oxygen atoms in total. The number of benzene rings is 2. The third-order valence-corrected chi connectivity index (χ3v) is 6.81. The lowest BCUT2D eigenvalue weighted by Gasteiger charge is -2.15. The van der Waals surface area contributed by atoms with Crippen LogP contribution in [0, 0.1) is 0 Å². The number of halogens is 1. The van der Waals surface area contributed by atoms with E-state index in [1.165, 1.54) is 35.5 Å². The van der Waals surface area contributed by atoms with E-state index in [2.05, 4.69) is 0 Å². The molecule has 1 fully saturated rings. The first-order valence-electron chi connectivity index (χ1n) is 9.49. The zero-order valence-corrected chi connectivity index (χ0v) is 18.0. The van der Waals surface area contributed by atoms with Crippen LogP contribution in [0.1, 0.15) is 30.1 Å². The van der Waals surface area contributed by atoms with Crippen molar-refractivity contribution < 1.29 is 27.5 Å². The fourth-order valence-corrected chi connectivity index (χ4v) is 4.72. The fraction of sp³-hybridized carbons (Fsp3) is 0.333. The molecule has 0 aromatic heterocycles. The molecule has 30 heavy (non-hydrogen) atoms. The Morgan fingerprint density at radius 1 is 1.10 bits per heavy atom. The number of sulfonamides is 1. The molecule has 3 rings (SSSR count). The molecule has 0 aliphatic carbocycles. The van der Waals surface area contributed by atoms with Crippen LogP contribution in [0.15, 0.2) is 53.4 Å². The summed E-state index contributed by atoms with van der Waals surface area (Å²) in [6.07, 6.45) is 0.769. The summed E-state index contributed by atoms with van der Waals surface area (Å²) in [6.45, 7) is 2.05. The van der Waals surface area contributed by atoms with Gasteiger partial charge in [-0.3, -0.25) is 4.79 Å². The van der Waals surface area contributed by atoms with Gasteiger partial charge in [-0.15, -0.1) is 0 Å². The number of rotatable bonds is 8. The van der Waals surface area contributed by atoms with Crippen molar-refractivity contribution in [2.45, 2.75) is 30.8 Å². The van der Waals surface area contributed by atoms with Crippen molar-refractivity contribution in [2.75, 3.05) is 19.7 Å². The van der Waals surface area contributed by atoms with Crippen LogP contribution in [0.5, 0.6) is 5.75 Å². The summed E-state index contributed by atoms with van der Waals surface area (Å²) < 4.78 is 37.0. The number of carbonyl (C=O) groups is 2. The highest BCUT2D eigenvalue weighted by atomic mass is 35.5. The van der Waals surface area contributed by atoms with E-state index < -0.39 is 34.5 Å². The molecule has 0 amide bonds. The molecule has 1 aliphatic heterocycles. The first-order chi connectivity index (χ1) is 14.3. The van der Waals surface area contributed by atoms with Crippen molar-refractivity contribution >= 4 is 33.4 Å². The number of esters is 1. The van der Waals surface area contributed by atoms with Gasteiger partial charge in [0.05, 0.1) is 4.90 Å². The minimum Gasteiger partial charge on any atom is -0.479 e. The van der Waals surface area contributed by atoms with Crippen molar-refractivity contribution in [1.29, 1.82) is 0 Å². The standard InChI is InChI=1S/C21H22ClNO6S/c1-15(29-18-6-4-5-17(22)13-18)21(25)28-14-20(24)16-7-9-19(10-8-16)30(26,27)23-11-2-3-12-23/h4-10,13,15H,2-3,11-12,14H2,1H3. The van der Waals surface area contributed by atoms with E-state index in [1.807, 2.05) is 0 Å². The predicted octanol–water partition coefficient (Wildman–Crippen LogP) is 3.32. The maximum Gasteiger partial charge on any atom is 0.347 e. The van der Waals surface area contributed by atoms with Crippen molar-refractivity contribution in [3.8, 4) is 5.75 Å². The topological polar surface area (TPSA) is 90.0 Å². The third-order valence-electron chi connectivity index (χ3n) is 4.67. The molecule has 1 aliphatic rings. The Balaban J connectivity index is 1.54. The summed E-state index contributed by atoms with van der Waals surface area (Å²) in [5.41, 5.74) is 0.256. The number of nitrogens with zero attached hydrogens (tertiary/aromatic N) is 1. The van der Waals surface area contributed by atoms with E-state index >= 15 is 0 Å². The number of carbonyl (C=O) groups excluding carboxylic acids is 2. The fourth-order valence-electron chi connectivity index (χ4n) is 3.02. The average Bonchev–Trinajstić information content (AvgIpc) is 3.27. The maximum atomic E-state index is 12.5. The van der Waals surface area contributed by atoms with Crippen LogP contribution in [0.4, 0.5) is 0 Å². The molecule has 1 saturated heterocycles. The van der Waals surface area contributed by atoms with Gasteiger partial charge in [0.1, 0.15) is 5.75 Å². The SMILES string of the molecule is CC(Oc1cccc(Cl)c1)C(=O)OCC(=O)c1ccc(S(=O)(=O)N2CCCC2)cc1. The zero-order chi connectivity index (χ0) is 21.7. The Morgan fingerprint density at radius 3 is 2.40 bits per heavy atom. The lowest BCUT2D eigenvalue weighted by atomic mass is 10.1. The number of hydrogen-bond donors (Lipinski definition) is 0. The van der Waals surface area contributed by atoms with Gasteiger partial charge in [-0.1, -0.05) is 17.7 Å². The molecule has 0 bridgehead atoms. The molecule has 9 heteroatoms. The molecular weight excluding hydrogens is 430 g/mol. The van der Waals surface area contributed by atoms with Crippen molar-refractivity contribution in [1.82, 2.24) is 4.31 Å². The van der Waals surface area contributed by atoms with Gasteiger partial charge in [0.25, 0.3) is 0 Å². The summed E-state index contributed by atoms with van der Waals surface area (Å²) in [7, 11) is -3.54. The molecule has 160 valence electrons. The monoisotopic (exact) mass is 451 g/mol. The summed E-state index contributed by atoms with van der Waals surface area (Å²) in [5.74, 6) is -0.729. The Bertz CT molecular complexity index is 1020. The van der Waals surface area contributed by atoms with E-state index in [0.717, 1.165) is 12.8 Å². The van der Waals surface area contributed by atoms with Gasteiger partial charge in [0.15, 0.2) is 18.5 Å². The lowest BCUT2D eigenvalue weighted by Crippen LogP contribution is -2.28. The van der Waals surface area contributed by atoms with Gasteiger partial charge in [0, 0.05) is 23.7 Å². The lowest BCUT2D eigenvalue weighted by molar-refractivity contribution is -0.149. The predicted molar refractivity (Wildman–Crippen MR) is 111 cm³/mol. The molecule has 0 radical (unpaired) electrons. The quantitative estimate of drug-likeness (QED) is 0.451. The highest BCUT2D eigenvalue weighted by Gasteiger charge is 2.27. The highest BCUT2D eigenvalue weighted by Crippen LogP contribution is 2.21. The Hall–Kier alpha value is -2.42. The van der Waals surface area contributed by atoms with Crippen LogP contribution in [0.3, 0.4) is 0 Å². The number of hydrogen-bond acceptors (Lipinski definition) is 6. The largest absolute Gasteiger partial charge is 0.479 e. The Labute approximate surface area is 180 Å². The van der Waals surface area contributed by atoms with Crippen LogP contribution >= 0.6 is 11.6 Å². The molecule has 2 aromatic carbocycles. The molecule has 0 saturated carbocycles. The van der Waals surface area contributed by atoms with Crippen molar-refractivity contribution in [2.24, 2.45) is 0 Å². The normalized spacial score (nSPS) is 15.5. The van der Waals surface area contributed by atoms with Gasteiger partial charge in [0.2, 0.25) is 10.0 Å². The Kier molecular flexibility index (Phi) is 7.12. The third kappa shape index (κ3) is 5.38. The summed E-state index contributed by atoms with van der Waals surface area (Å²) >= 11 is 5.87. The smallest absolute Gasteiger partial charge is 0.347 e. The van der Waals surface area contributed by atoms with Crippen molar-refractivity contribution in [3.05, 3.63) is 59.1 Å². The van der Waals surface area contributed by atoms with Crippen LogP contribution in [-0.2, 0) is 19.6 Å². The first kappa shape index (κ1) is 22.3. The molecule has 2 aromatic rings. The van der Waals surface area contributed by atoms with Crippen LogP contribution < -0.4 is 4.74 Å². The summed E-state index contributed by atoms with van der Waals surface area (Å²) in [6, 6.07) is 12.2. The minimum atomic E-state index is -3.54. The first-order valence-corrected chi connectivity index (χ1v) is 11.3. The maximum absolute atomic E-state index is 12.5. The van der Waals surface area contributed by atoms with E-state index in [9.17, 15) is 18.0 Å². The van der Waals surface area contributed by atoms with Gasteiger partial charge in [-0.05, 0) is 62.2 Å².